The number of benzene rings is 1. The van der Waals surface area contributed by atoms with Crippen LogP contribution in [0.3, 0.4) is 0 Å². The number of aliphatic hydroxyl groups is 1. The Morgan fingerprint density at radius 3 is 2.75 bits per heavy atom. The van der Waals surface area contributed by atoms with Gasteiger partial charge < -0.3 is 14.8 Å². The lowest BCUT2D eigenvalue weighted by atomic mass is 10.2. The number of aliphatic hydroxyl groups excluding tert-OH is 1. The predicted octanol–water partition coefficient (Wildman–Crippen LogP) is 2.36. The van der Waals surface area contributed by atoms with Crippen molar-refractivity contribution in [3.05, 3.63) is 54.2 Å². The Balaban J connectivity index is 1.71. The summed E-state index contributed by atoms with van der Waals surface area (Å²) in [6.07, 6.45) is 2.11. The van der Waals surface area contributed by atoms with E-state index in [9.17, 15) is 14.3 Å². The fourth-order valence-electron chi connectivity index (χ4n) is 1.52. The van der Waals surface area contributed by atoms with Crippen LogP contribution in [0.15, 0.2) is 52.2 Å². The van der Waals surface area contributed by atoms with E-state index >= 15 is 0 Å². The van der Waals surface area contributed by atoms with E-state index in [-0.39, 0.29) is 24.0 Å². The van der Waals surface area contributed by atoms with E-state index in [1.165, 1.54) is 36.4 Å². The summed E-state index contributed by atoms with van der Waals surface area (Å²) in [5.41, 5.74) is 0.622. The van der Waals surface area contributed by atoms with Crippen molar-refractivity contribution < 1.29 is 18.7 Å². The number of hydrogen-bond donors (Lipinski definition) is 2. The number of rotatable bonds is 6. The molecule has 1 aromatic heterocycles. The molecule has 0 saturated carbocycles. The quantitative estimate of drug-likeness (QED) is 0.803. The summed E-state index contributed by atoms with van der Waals surface area (Å²) in [5.74, 6) is -0.284. The maximum Gasteiger partial charge on any atom is 0.230 e. The number of nitrogens with one attached hydrogen (secondary N) is 1. The molecular weight excluding hydrogens is 281 g/mol. The molecule has 0 bridgehead atoms. The molecule has 0 aliphatic carbocycles. The molecular formula is C14H14FNO3S. The largest absolute Gasteiger partial charge is 0.472 e. The van der Waals surface area contributed by atoms with Crippen LogP contribution in [0.1, 0.15) is 11.7 Å². The van der Waals surface area contributed by atoms with E-state index in [0.717, 1.165) is 4.90 Å². The highest BCUT2D eigenvalue weighted by molar-refractivity contribution is 8.00. The second-order valence-corrected chi connectivity index (χ2v) is 5.17. The van der Waals surface area contributed by atoms with Gasteiger partial charge in [0.2, 0.25) is 5.91 Å². The van der Waals surface area contributed by atoms with Crippen LogP contribution >= 0.6 is 11.8 Å². The monoisotopic (exact) mass is 295 g/mol. The van der Waals surface area contributed by atoms with Gasteiger partial charge in [0.05, 0.1) is 24.4 Å². The average molecular weight is 295 g/mol. The first-order valence-electron chi connectivity index (χ1n) is 6.00. The van der Waals surface area contributed by atoms with Crippen LogP contribution in [-0.2, 0) is 4.79 Å². The SMILES string of the molecule is O=C(CSc1ccc(F)cc1)NCC(O)c1ccoc1. The molecule has 0 fully saturated rings. The molecule has 0 aliphatic heterocycles. The molecule has 0 spiro atoms. The van der Waals surface area contributed by atoms with Gasteiger partial charge in [-0.05, 0) is 30.3 Å². The van der Waals surface area contributed by atoms with E-state index in [1.807, 2.05) is 0 Å². The zero-order valence-electron chi connectivity index (χ0n) is 10.6. The maximum atomic E-state index is 12.7. The molecule has 106 valence electrons. The Morgan fingerprint density at radius 2 is 2.10 bits per heavy atom. The molecule has 1 unspecified atom stereocenters. The molecule has 20 heavy (non-hydrogen) atoms. The van der Waals surface area contributed by atoms with Crippen LogP contribution < -0.4 is 5.32 Å². The first kappa shape index (κ1) is 14.6. The first-order valence-corrected chi connectivity index (χ1v) is 6.99. The zero-order valence-corrected chi connectivity index (χ0v) is 11.4. The van der Waals surface area contributed by atoms with Crippen LogP contribution in [0.2, 0.25) is 0 Å². The van der Waals surface area contributed by atoms with Crippen molar-refractivity contribution in [2.75, 3.05) is 12.3 Å². The number of carbonyl (C=O) groups excluding carboxylic acids is 1. The normalized spacial score (nSPS) is 12.1. The zero-order chi connectivity index (χ0) is 14.4. The molecule has 6 heteroatoms. The van der Waals surface area contributed by atoms with Gasteiger partial charge in [0.15, 0.2) is 0 Å². The highest BCUT2D eigenvalue weighted by atomic mass is 32.2. The van der Waals surface area contributed by atoms with Crippen molar-refractivity contribution in [2.24, 2.45) is 0 Å². The Bertz CT molecular complexity index is 542. The van der Waals surface area contributed by atoms with Gasteiger partial charge in [-0.3, -0.25) is 4.79 Å². The summed E-state index contributed by atoms with van der Waals surface area (Å²) < 4.78 is 17.6. The van der Waals surface area contributed by atoms with E-state index in [1.54, 1.807) is 18.2 Å². The van der Waals surface area contributed by atoms with Crippen molar-refractivity contribution in [3.63, 3.8) is 0 Å². The van der Waals surface area contributed by atoms with Gasteiger partial charge in [0.25, 0.3) is 0 Å². The summed E-state index contributed by atoms with van der Waals surface area (Å²) >= 11 is 1.31. The molecule has 0 aliphatic rings. The Kier molecular flexibility index (Phi) is 5.20. The smallest absolute Gasteiger partial charge is 0.230 e. The Morgan fingerprint density at radius 1 is 1.35 bits per heavy atom. The molecule has 2 aromatic rings. The lowest BCUT2D eigenvalue weighted by Crippen LogP contribution is -2.29. The highest BCUT2D eigenvalue weighted by Gasteiger charge is 2.10. The van der Waals surface area contributed by atoms with Crippen LogP contribution in [-0.4, -0.2) is 23.3 Å². The fourth-order valence-corrected chi connectivity index (χ4v) is 2.25. The molecule has 4 nitrogen and oxygen atoms in total. The lowest BCUT2D eigenvalue weighted by molar-refractivity contribution is -0.119. The first-order chi connectivity index (χ1) is 9.65. The van der Waals surface area contributed by atoms with Gasteiger partial charge in [0, 0.05) is 17.0 Å². The molecule has 1 aromatic carbocycles. The summed E-state index contributed by atoms with van der Waals surface area (Å²) in [6.45, 7) is 0.127. The number of hydrogen-bond acceptors (Lipinski definition) is 4. The minimum atomic E-state index is -0.784. The molecule has 0 saturated heterocycles. The van der Waals surface area contributed by atoms with Gasteiger partial charge >= 0.3 is 0 Å². The predicted molar refractivity (Wildman–Crippen MR) is 73.8 cm³/mol. The average Bonchev–Trinajstić information content (AvgIpc) is 2.98. The van der Waals surface area contributed by atoms with Gasteiger partial charge in [-0.1, -0.05) is 0 Å². The second-order valence-electron chi connectivity index (χ2n) is 4.12. The molecule has 2 N–H and O–H groups in total. The van der Waals surface area contributed by atoms with Crippen molar-refractivity contribution in [3.8, 4) is 0 Å². The van der Waals surface area contributed by atoms with Crippen LogP contribution in [0, 0.1) is 5.82 Å². The molecule has 1 heterocycles. The number of carbonyl (C=O) groups is 1. The number of halogens is 1. The third-order valence-corrected chi connectivity index (χ3v) is 3.62. The number of thioether (sulfide) groups is 1. The number of furan rings is 1. The van der Waals surface area contributed by atoms with Crippen molar-refractivity contribution in [1.82, 2.24) is 5.32 Å². The standard InChI is InChI=1S/C14H14FNO3S/c15-11-1-3-12(4-2-11)20-9-14(18)16-7-13(17)10-5-6-19-8-10/h1-6,8,13,17H,7,9H2,(H,16,18). The van der Waals surface area contributed by atoms with E-state index in [0.29, 0.717) is 5.56 Å². The van der Waals surface area contributed by atoms with Gasteiger partial charge in [-0.15, -0.1) is 11.8 Å². The topological polar surface area (TPSA) is 62.5 Å². The van der Waals surface area contributed by atoms with Gasteiger partial charge in [-0.25, -0.2) is 4.39 Å². The number of amides is 1. The molecule has 1 atom stereocenters. The van der Waals surface area contributed by atoms with Gasteiger partial charge in [0.1, 0.15) is 5.82 Å². The minimum absolute atomic E-state index is 0.127. The third-order valence-electron chi connectivity index (χ3n) is 2.60. The molecule has 2 rings (SSSR count). The molecule has 0 radical (unpaired) electrons. The van der Waals surface area contributed by atoms with E-state index in [2.05, 4.69) is 5.32 Å². The Labute approximate surface area is 120 Å². The summed E-state index contributed by atoms with van der Waals surface area (Å²) in [6, 6.07) is 7.58. The summed E-state index contributed by atoms with van der Waals surface area (Å²) in [5, 5.41) is 12.4. The van der Waals surface area contributed by atoms with E-state index < -0.39 is 6.10 Å². The van der Waals surface area contributed by atoms with Crippen molar-refractivity contribution in [1.29, 1.82) is 0 Å². The summed E-state index contributed by atoms with van der Waals surface area (Å²) in [4.78, 5) is 12.4. The van der Waals surface area contributed by atoms with Crippen LogP contribution in [0.5, 0.6) is 0 Å². The Hall–Kier alpha value is -1.79. The maximum absolute atomic E-state index is 12.7. The summed E-state index contributed by atoms with van der Waals surface area (Å²) in [7, 11) is 0. The third kappa shape index (κ3) is 4.40. The lowest BCUT2D eigenvalue weighted by Gasteiger charge is -2.09. The fraction of sp³-hybridized carbons (Fsp3) is 0.214. The highest BCUT2D eigenvalue weighted by Crippen LogP contribution is 2.17. The van der Waals surface area contributed by atoms with Crippen LogP contribution in [0.4, 0.5) is 4.39 Å². The van der Waals surface area contributed by atoms with Crippen molar-refractivity contribution >= 4 is 17.7 Å². The van der Waals surface area contributed by atoms with Crippen molar-refractivity contribution in [2.45, 2.75) is 11.0 Å². The van der Waals surface area contributed by atoms with Crippen LogP contribution in [0.25, 0.3) is 0 Å². The second kappa shape index (κ2) is 7.12. The minimum Gasteiger partial charge on any atom is -0.472 e. The van der Waals surface area contributed by atoms with E-state index in [4.69, 9.17) is 4.42 Å². The molecule has 1 amide bonds. The van der Waals surface area contributed by atoms with Gasteiger partial charge in [-0.2, -0.15) is 0 Å².